The topological polar surface area (TPSA) is 103 Å². The zero-order chi connectivity index (χ0) is 19.7. The molecule has 0 radical (unpaired) electrons. The third-order valence-corrected chi connectivity index (χ3v) is 3.81. The van der Waals surface area contributed by atoms with Crippen molar-refractivity contribution in [1.82, 2.24) is 24.4 Å². The van der Waals surface area contributed by atoms with Gasteiger partial charge >= 0.3 is 5.97 Å². The smallest absolute Gasteiger partial charge is 0.360 e. The van der Waals surface area contributed by atoms with Crippen LogP contribution in [0.5, 0.6) is 0 Å². The minimum absolute atomic E-state index is 0.00898. The molecule has 3 rings (SSSR count). The summed E-state index contributed by atoms with van der Waals surface area (Å²) in [6, 6.07) is 1.20. The van der Waals surface area contributed by atoms with Crippen LogP contribution in [0.4, 0.5) is 14.5 Å². The van der Waals surface area contributed by atoms with Crippen molar-refractivity contribution in [2.75, 3.05) is 12.4 Å². The summed E-state index contributed by atoms with van der Waals surface area (Å²) in [4.78, 5) is 28.6. The summed E-state index contributed by atoms with van der Waals surface area (Å²) in [7, 11) is 1.20. The molecule has 0 atom stereocenters. The highest BCUT2D eigenvalue weighted by atomic mass is 19.3. The lowest BCUT2D eigenvalue weighted by Crippen LogP contribution is -2.15. The minimum Gasteiger partial charge on any atom is -0.464 e. The van der Waals surface area contributed by atoms with E-state index in [1.54, 1.807) is 6.92 Å². The van der Waals surface area contributed by atoms with Crippen LogP contribution in [0.3, 0.4) is 0 Å². The average molecular weight is 378 g/mol. The molecule has 1 amide bonds. The molecule has 0 aromatic carbocycles. The number of fused-ring (bicyclic) bond motifs is 1. The Balaban J connectivity index is 2.01. The number of alkyl halides is 2. The van der Waals surface area contributed by atoms with Gasteiger partial charge in [-0.25, -0.2) is 23.1 Å². The number of nitrogens with zero attached hydrogens (tertiary/aromatic N) is 5. The predicted octanol–water partition coefficient (Wildman–Crippen LogP) is 2.23. The number of carbonyl (C=O) groups is 2. The summed E-state index contributed by atoms with van der Waals surface area (Å²) >= 11 is 0. The summed E-state index contributed by atoms with van der Waals surface area (Å²) in [5.74, 6) is -1.38. The number of aromatic nitrogens is 5. The van der Waals surface area contributed by atoms with E-state index in [-0.39, 0.29) is 28.3 Å². The van der Waals surface area contributed by atoms with Crippen molar-refractivity contribution in [1.29, 1.82) is 0 Å². The fourth-order valence-corrected chi connectivity index (χ4v) is 2.54. The summed E-state index contributed by atoms with van der Waals surface area (Å²) < 4.78 is 33.4. The van der Waals surface area contributed by atoms with Crippen LogP contribution in [0.2, 0.25) is 0 Å². The second kappa shape index (κ2) is 7.09. The number of esters is 1. The first-order valence-electron chi connectivity index (χ1n) is 7.96. The molecular formula is C16H16F2N6O3. The van der Waals surface area contributed by atoms with Gasteiger partial charge in [0, 0.05) is 18.4 Å². The van der Waals surface area contributed by atoms with Crippen LogP contribution in [0.25, 0.3) is 5.65 Å². The first-order valence-corrected chi connectivity index (χ1v) is 7.96. The van der Waals surface area contributed by atoms with E-state index in [0.717, 1.165) is 10.7 Å². The highest BCUT2D eigenvalue weighted by Crippen LogP contribution is 2.23. The van der Waals surface area contributed by atoms with Crippen LogP contribution >= 0.6 is 0 Å². The standard InChI is InChI=1S/C16H16F2N6O3/c1-4-23-7-10(12(22-23)16(26)27-3)21-15(25)9-6-19-24-11(13(17)18)5-8(2)20-14(9)24/h5-7,13H,4H2,1-3H3,(H,21,25). The summed E-state index contributed by atoms with van der Waals surface area (Å²) in [5.41, 5.74) is -0.00524. The number of aryl methyl sites for hydroxylation is 2. The number of ether oxygens (including phenoxy) is 1. The van der Waals surface area contributed by atoms with Crippen molar-refractivity contribution >= 4 is 23.2 Å². The maximum Gasteiger partial charge on any atom is 0.360 e. The van der Waals surface area contributed by atoms with Gasteiger partial charge in [-0.15, -0.1) is 0 Å². The molecule has 11 heteroatoms. The van der Waals surface area contributed by atoms with Crippen LogP contribution in [0, 0.1) is 6.92 Å². The molecule has 142 valence electrons. The van der Waals surface area contributed by atoms with Gasteiger partial charge in [0.1, 0.15) is 11.3 Å². The number of halogens is 2. The van der Waals surface area contributed by atoms with Gasteiger partial charge in [0.2, 0.25) is 0 Å². The number of amides is 1. The van der Waals surface area contributed by atoms with E-state index in [9.17, 15) is 18.4 Å². The van der Waals surface area contributed by atoms with Crippen molar-refractivity contribution in [3.63, 3.8) is 0 Å². The Bertz CT molecular complexity index is 1030. The van der Waals surface area contributed by atoms with Crippen LogP contribution in [-0.2, 0) is 11.3 Å². The molecule has 9 nitrogen and oxygen atoms in total. The van der Waals surface area contributed by atoms with E-state index in [4.69, 9.17) is 0 Å². The van der Waals surface area contributed by atoms with Crippen molar-refractivity contribution in [3.8, 4) is 0 Å². The quantitative estimate of drug-likeness (QED) is 0.683. The number of hydrogen-bond donors (Lipinski definition) is 1. The molecule has 3 aromatic heterocycles. The summed E-state index contributed by atoms with van der Waals surface area (Å²) in [5, 5.41) is 10.4. The summed E-state index contributed by atoms with van der Waals surface area (Å²) in [6.07, 6.45) is -0.164. The van der Waals surface area contributed by atoms with E-state index < -0.39 is 18.3 Å². The molecule has 0 fully saturated rings. The van der Waals surface area contributed by atoms with E-state index >= 15 is 0 Å². The molecule has 3 heterocycles. The Hall–Kier alpha value is -3.37. The first-order chi connectivity index (χ1) is 12.8. The van der Waals surface area contributed by atoms with Gasteiger partial charge in [-0.1, -0.05) is 0 Å². The van der Waals surface area contributed by atoms with Gasteiger partial charge in [0.15, 0.2) is 11.3 Å². The summed E-state index contributed by atoms with van der Waals surface area (Å²) in [6.45, 7) is 3.82. The molecular weight excluding hydrogens is 362 g/mol. The molecule has 1 N–H and O–H groups in total. The molecule has 0 aliphatic rings. The Labute approximate surface area is 151 Å². The van der Waals surface area contributed by atoms with Gasteiger partial charge in [-0.3, -0.25) is 9.48 Å². The Morgan fingerprint density at radius 3 is 2.74 bits per heavy atom. The lowest BCUT2D eigenvalue weighted by molar-refractivity contribution is 0.0594. The highest BCUT2D eigenvalue weighted by Gasteiger charge is 2.23. The second-order valence-electron chi connectivity index (χ2n) is 5.61. The monoisotopic (exact) mass is 378 g/mol. The van der Waals surface area contributed by atoms with Crippen LogP contribution in [0.1, 0.15) is 45.6 Å². The molecule has 3 aromatic rings. The van der Waals surface area contributed by atoms with E-state index in [2.05, 4.69) is 25.2 Å². The lowest BCUT2D eigenvalue weighted by atomic mass is 10.2. The van der Waals surface area contributed by atoms with Crippen LogP contribution in [0.15, 0.2) is 18.5 Å². The van der Waals surface area contributed by atoms with Crippen LogP contribution in [-0.4, -0.2) is 43.4 Å². The van der Waals surface area contributed by atoms with Gasteiger partial charge in [-0.05, 0) is 19.9 Å². The van der Waals surface area contributed by atoms with Gasteiger partial charge in [0.05, 0.1) is 19.0 Å². The zero-order valence-corrected chi connectivity index (χ0v) is 14.7. The number of nitrogens with one attached hydrogen (secondary N) is 1. The molecule has 0 aliphatic heterocycles. The van der Waals surface area contributed by atoms with Crippen LogP contribution < -0.4 is 5.32 Å². The molecule has 0 unspecified atom stereocenters. The third-order valence-electron chi connectivity index (χ3n) is 3.81. The minimum atomic E-state index is -2.78. The van der Waals surface area contributed by atoms with Gasteiger partial charge in [-0.2, -0.15) is 10.2 Å². The Kier molecular flexibility index (Phi) is 4.84. The normalized spacial score (nSPS) is 11.2. The van der Waals surface area contributed by atoms with Crippen molar-refractivity contribution in [3.05, 3.63) is 41.1 Å². The maximum atomic E-state index is 13.2. The largest absolute Gasteiger partial charge is 0.464 e. The fourth-order valence-electron chi connectivity index (χ4n) is 2.54. The third kappa shape index (κ3) is 3.35. The number of rotatable bonds is 5. The lowest BCUT2D eigenvalue weighted by Gasteiger charge is -2.06. The van der Waals surface area contributed by atoms with E-state index in [1.165, 1.54) is 24.1 Å². The molecule has 27 heavy (non-hydrogen) atoms. The van der Waals surface area contributed by atoms with E-state index in [1.807, 2.05) is 6.92 Å². The van der Waals surface area contributed by atoms with Crippen molar-refractivity contribution < 1.29 is 23.1 Å². The molecule has 0 spiro atoms. The fraction of sp³-hybridized carbons (Fsp3) is 0.312. The van der Waals surface area contributed by atoms with Crippen molar-refractivity contribution in [2.45, 2.75) is 26.8 Å². The van der Waals surface area contributed by atoms with E-state index in [0.29, 0.717) is 12.2 Å². The average Bonchev–Trinajstić information content (AvgIpc) is 3.24. The molecule has 0 aliphatic carbocycles. The molecule has 0 bridgehead atoms. The maximum absolute atomic E-state index is 13.2. The highest BCUT2D eigenvalue weighted by molar-refractivity contribution is 6.10. The molecule has 0 saturated carbocycles. The number of methoxy groups -OCH3 is 1. The number of hydrogen-bond acceptors (Lipinski definition) is 6. The molecule has 0 saturated heterocycles. The zero-order valence-electron chi connectivity index (χ0n) is 14.7. The first kappa shape index (κ1) is 18.4. The van der Waals surface area contributed by atoms with Gasteiger partial charge < -0.3 is 10.1 Å². The number of carbonyl (C=O) groups excluding carboxylic acids is 2. The Morgan fingerprint density at radius 1 is 1.37 bits per heavy atom. The predicted molar refractivity (Wildman–Crippen MR) is 89.9 cm³/mol. The number of anilines is 1. The van der Waals surface area contributed by atoms with Crippen molar-refractivity contribution in [2.24, 2.45) is 0 Å². The second-order valence-corrected chi connectivity index (χ2v) is 5.61. The van der Waals surface area contributed by atoms with Gasteiger partial charge in [0.25, 0.3) is 12.3 Å². The Morgan fingerprint density at radius 2 is 2.11 bits per heavy atom. The SMILES string of the molecule is CCn1cc(NC(=O)c2cnn3c(C(F)F)cc(C)nc23)c(C(=O)OC)n1.